The van der Waals surface area contributed by atoms with E-state index in [-0.39, 0.29) is 24.0 Å². The van der Waals surface area contributed by atoms with Crippen LogP contribution < -0.4 is 4.90 Å². The van der Waals surface area contributed by atoms with Crippen molar-refractivity contribution in [2.45, 2.75) is 15.8 Å². The van der Waals surface area contributed by atoms with Gasteiger partial charge >= 0.3 is 5.51 Å². The van der Waals surface area contributed by atoms with Crippen molar-refractivity contribution in [2.24, 2.45) is 5.92 Å². The summed E-state index contributed by atoms with van der Waals surface area (Å²) in [5, 5.41) is -0.889. The number of carbonyl (C=O) groups excluding carboxylic acids is 1. The minimum atomic E-state index is -5.48. The minimum Gasteiger partial charge on any atom is -0.311 e. The van der Waals surface area contributed by atoms with E-state index in [1.807, 2.05) is 0 Å². The predicted molar refractivity (Wildman–Crippen MR) is 75.9 cm³/mol. The Morgan fingerprint density at radius 1 is 1.32 bits per heavy atom. The molecule has 0 aromatic heterocycles. The zero-order chi connectivity index (χ0) is 16.7. The third-order valence-electron chi connectivity index (χ3n) is 3.28. The van der Waals surface area contributed by atoms with Gasteiger partial charge < -0.3 is 4.90 Å². The molecular weight excluding hydrogens is 366 g/mol. The van der Waals surface area contributed by atoms with Gasteiger partial charge in [-0.1, -0.05) is 6.07 Å². The molecule has 1 aromatic carbocycles. The number of sulfone groups is 1. The number of hydrogen-bond donors (Lipinski definition) is 0. The molecule has 0 radical (unpaired) electrons. The van der Waals surface area contributed by atoms with Gasteiger partial charge in [-0.05, 0) is 18.2 Å². The number of alkyl halides is 5. The summed E-state index contributed by atoms with van der Waals surface area (Å²) < 4.78 is 60.6. The number of benzene rings is 1. The largest absolute Gasteiger partial charge is 0.501 e. The molecule has 1 heterocycles. The molecule has 10 heteroatoms. The highest BCUT2D eigenvalue weighted by Crippen LogP contribution is 2.34. The van der Waals surface area contributed by atoms with E-state index in [1.54, 1.807) is 0 Å². The molecule has 122 valence electrons. The second-order valence-electron chi connectivity index (χ2n) is 4.71. The number of halogens is 5. The van der Waals surface area contributed by atoms with E-state index in [1.165, 1.54) is 6.07 Å². The predicted octanol–water partition coefficient (Wildman–Crippen LogP) is 2.79. The molecule has 2 atom stereocenters. The van der Waals surface area contributed by atoms with Gasteiger partial charge in [0, 0.05) is 24.0 Å². The first kappa shape index (κ1) is 17.4. The van der Waals surface area contributed by atoms with Gasteiger partial charge in [0.05, 0.1) is 4.90 Å². The highest BCUT2D eigenvalue weighted by atomic mass is 35.5. The number of hydrogen-bond acceptors (Lipinski definition) is 3. The van der Waals surface area contributed by atoms with Gasteiger partial charge in [-0.15, -0.1) is 23.2 Å². The summed E-state index contributed by atoms with van der Waals surface area (Å²) in [7, 11) is -5.48. The molecule has 0 N–H and O–H groups in total. The topological polar surface area (TPSA) is 54.5 Å². The van der Waals surface area contributed by atoms with Crippen molar-refractivity contribution < 1.29 is 26.4 Å². The van der Waals surface area contributed by atoms with Crippen LogP contribution in [0.1, 0.15) is 0 Å². The second kappa shape index (κ2) is 5.90. The SMILES string of the molecule is O=C1C(Cl)C(CCl)CN1c1cccc(S(=O)(=O)C(F)(F)F)c1. The van der Waals surface area contributed by atoms with E-state index in [9.17, 15) is 26.4 Å². The summed E-state index contributed by atoms with van der Waals surface area (Å²) in [5.41, 5.74) is -5.37. The smallest absolute Gasteiger partial charge is 0.311 e. The van der Waals surface area contributed by atoms with Crippen LogP contribution in [0.4, 0.5) is 18.9 Å². The van der Waals surface area contributed by atoms with Gasteiger partial charge in [0.1, 0.15) is 5.38 Å². The van der Waals surface area contributed by atoms with Crippen molar-refractivity contribution in [2.75, 3.05) is 17.3 Å². The Labute approximate surface area is 134 Å². The van der Waals surface area contributed by atoms with Crippen LogP contribution in [-0.2, 0) is 14.6 Å². The molecule has 22 heavy (non-hydrogen) atoms. The Morgan fingerprint density at radius 2 is 1.95 bits per heavy atom. The maximum absolute atomic E-state index is 12.6. The molecule has 4 nitrogen and oxygen atoms in total. The maximum atomic E-state index is 12.6. The van der Waals surface area contributed by atoms with E-state index in [0.717, 1.165) is 23.1 Å². The molecule has 1 aliphatic heterocycles. The van der Waals surface area contributed by atoms with Gasteiger partial charge in [-0.25, -0.2) is 8.42 Å². The number of amides is 1. The Kier molecular flexibility index (Phi) is 4.66. The van der Waals surface area contributed by atoms with E-state index in [2.05, 4.69) is 0 Å². The summed E-state index contributed by atoms with van der Waals surface area (Å²) in [6.45, 7) is 0.117. The molecule has 1 aliphatic rings. The van der Waals surface area contributed by atoms with Crippen LogP contribution in [0, 0.1) is 5.92 Å². The Morgan fingerprint density at radius 3 is 2.45 bits per heavy atom. The fraction of sp³-hybridized carbons (Fsp3) is 0.417. The molecule has 1 aromatic rings. The summed E-state index contributed by atoms with van der Waals surface area (Å²) in [5.74, 6) is -0.774. The van der Waals surface area contributed by atoms with Crippen molar-refractivity contribution in [3.63, 3.8) is 0 Å². The number of anilines is 1. The van der Waals surface area contributed by atoms with Crippen molar-refractivity contribution in [3.05, 3.63) is 24.3 Å². The highest BCUT2D eigenvalue weighted by molar-refractivity contribution is 7.92. The Hall–Kier alpha value is -0.990. The number of nitrogens with zero attached hydrogens (tertiary/aromatic N) is 1. The lowest BCUT2D eigenvalue weighted by Crippen LogP contribution is -2.28. The monoisotopic (exact) mass is 375 g/mol. The van der Waals surface area contributed by atoms with E-state index >= 15 is 0 Å². The average Bonchev–Trinajstić information content (AvgIpc) is 2.74. The molecule has 1 fully saturated rings. The molecule has 0 saturated carbocycles. The summed E-state index contributed by atoms with van der Waals surface area (Å²) >= 11 is 11.6. The first-order valence-corrected chi connectivity index (χ1v) is 8.48. The lowest BCUT2D eigenvalue weighted by atomic mass is 10.1. The Balaban J connectivity index is 2.41. The molecule has 2 rings (SSSR count). The molecule has 0 bridgehead atoms. The molecule has 1 saturated heterocycles. The number of carbonyl (C=O) groups is 1. The third kappa shape index (κ3) is 2.91. The lowest BCUT2D eigenvalue weighted by Gasteiger charge is -2.17. The quantitative estimate of drug-likeness (QED) is 0.763. The minimum absolute atomic E-state index is 0.0357. The maximum Gasteiger partial charge on any atom is 0.501 e. The van der Waals surface area contributed by atoms with Crippen LogP contribution in [0.3, 0.4) is 0 Å². The van der Waals surface area contributed by atoms with E-state index in [0.29, 0.717) is 0 Å². The van der Waals surface area contributed by atoms with Crippen LogP contribution in [0.25, 0.3) is 0 Å². The second-order valence-corrected chi connectivity index (χ2v) is 7.43. The van der Waals surface area contributed by atoms with Gasteiger partial charge in [-0.2, -0.15) is 13.2 Å². The zero-order valence-corrected chi connectivity index (χ0v) is 13.2. The zero-order valence-electron chi connectivity index (χ0n) is 10.8. The number of rotatable bonds is 3. The average molecular weight is 376 g/mol. The summed E-state index contributed by atoms with van der Waals surface area (Å²) in [4.78, 5) is 12.2. The summed E-state index contributed by atoms with van der Waals surface area (Å²) in [6.07, 6.45) is 0. The van der Waals surface area contributed by atoms with Gasteiger partial charge in [0.2, 0.25) is 5.91 Å². The molecular formula is C12H10Cl2F3NO3S. The molecule has 2 unspecified atom stereocenters. The van der Waals surface area contributed by atoms with Gasteiger partial charge in [-0.3, -0.25) is 4.79 Å². The third-order valence-corrected chi connectivity index (χ3v) is 5.70. The van der Waals surface area contributed by atoms with Crippen LogP contribution in [0.5, 0.6) is 0 Å². The first-order chi connectivity index (χ1) is 10.1. The first-order valence-electron chi connectivity index (χ1n) is 6.02. The van der Waals surface area contributed by atoms with Gasteiger partial charge in [0.25, 0.3) is 9.84 Å². The van der Waals surface area contributed by atoms with Crippen molar-refractivity contribution >= 4 is 44.6 Å². The van der Waals surface area contributed by atoms with Crippen molar-refractivity contribution in [3.8, 4) is 0 Å². The van der Waals surface area contributed by atoms with E-state index in [4.69, 9.17) is 23.2 Å². The van der Waals surface area contributed by atoms with Crippen LogP contribution >= 0.6 is 23.2 Å². The fourth-order valence-electron chi connectivity index (χ4n) is 2.08. The van der Waals surface area contributed by atoms with Crippen LogP contribution in [-0.4, -0.2) is 37.6 Å². The van der Waals surface area contributed by atoms with Crippen molar-refractivity contribution in [1.82, 2.24) is 0 Å². The molecule has 0 aliphatic carbocycles. The van der Waals surface area contributed by atoms with Crippen LogP contribution in [0.15, 0.2) is 29.2 Å². The van der Waals surface area contributed by atoms with Crippen molar-refractivity contribution in [1.29, 1.82) is 0 Å². The fourth-order valence-corrected chi connectivity index (χ4v) is 3.53. The van der Waals surface area contributed by atoms with Crippen LogP contribution in [0.2, 0.25) is 0 Å². The molecule has 1 amide bonds. The summed E-state index contributed by atoms with van der Waals surface area (Å²) in [6, 6.07) is 4.11. The lowest BCUT2D eigenvalue weighted by molar-refractivity contribution is -0.117. The van der Waals surface area contributed by atoms with Gasteiger partial charge in [0.15, 0.2) is 0 Å². The highest BCUT2D eigenvalue weighted by Gasteiger charge is 2.47. The molecule has 0 spiro atoms. The normalized spacial score (nSPS) is 23.1. The standard InChI is InChI=1S/C12H10Cl2F3NO3S/c13-5-7-6-18(11(19)10(7)14)8-2-1-3-9(4-8)22(20,21)12(15,16)17/h1-4,7,10H,5-6H2. The van der Waals surface area contributed by atoms with E-state index < -0.39 is 31.5 Å². The Bertz CT molecular complexity index is 693.